The quantitative estimate of drug-likeness (QED) is 0.223. The van der Waals surface area contributed by atoms with Gasteiger partial charge >= 0.3 is 0 Å². The van der Waals surface area contributed by atoms with Gasteiger partial charge in [-0.1, -0.05) is 23.7 Å². The van der Waals surface area contributed by atoms with E-state index < -0.39 is 0 Å². The van der Waals surface area contributed by atoms with Crippen LogP contribution in [0.25, 0.3) is 10.9 Å². The van der Waals surface area contributed by atoms with Crippen LogP contribution in [0.15, 0.2) is 54.5 Å². The van der Waals surface area contributed by atoms with Gasteiger partial charge in [0.2, 0.25) is 0 Å². The number of benzene rings is 2. The molecule has 1 aromatic heterocycles. The molecular weight excluding hydrogens is 591 g/mol. The fraction of sp³-hybridized carbons (Fsp3) is 0.471. The molecule has 0 amide bonds. The minimum absolute atomic E-state index is 0.0877. The van der Waals surface area contributed by atoms with Gasteiger partial charge in [-0.05, 0) is 82.7 Å². The van der Waals surface area contributed by atoms with Gasteiger partial charge in [-0.25, -0.2) is 4.39 Å². The summed E-state index contributed by atoms with van der Waals surface area (Å²) in [4.78, 5) is 7.05. The van der Waals surface area contributed by atoms with Crippen molar-refractivity contribution in [1.82, 2.24) is 25.9 Å². The van der Waals surface area contributed by atoms with Gasteiger partial charge in [-0.15, -0.1) is 5.53 Å². The number of likely N-dealkylation sites (tertiary alicyclic amines) is 1. The molecule has 9 nitrogen and oxygen atoms in total. The van der Waals surface area contributed by atoms with Crippen LogP contribution in [-0.4, -0.2) is 58.8 Å². The number of aromatic nitrogens is 1. The largest absolute Gasteiger partial charge is 0.381 e. The van der Waals surface area contributed by atoms with E-state index in [0.717, 1.165) is 74.1 Å². The van der Waals surface area contributed by atoms with Crippen molar-refractivity contribution in [3.05, 3.63) is 76.5 Å². The number of hydrogen-bond acceptors (Lipinski definition) is 9. The Morgan fingerprint density at radius 1 is 1.16 bits per heavy atom. The van der Waals surface area contributed by atoms with E-state index in [1.165, 1.54) is 12.1 Å². The Morgan fingerprint density at radius 3 is 2.62 bits per heavy atom. The monoisotopic (exact) mass is 632 g/mol. The molecule has 6 rings (SSSR count). The Morgan fingerprint density at radius 2 is 1.93 bits per heavy atom. The molecule has 4 heterocycles. The maximum absolute atomic E-state index is 14.0. The summed E-state index contributed by atoms with van der Waals surface area (Å²) in [6, 6.07) is 12.6. The Balaban J connectivity index is 1.29. The number of pyridine rings is 1. The van der Waals surface area contributed by atoms with Crippen LogP contribution in [0, 0.1) is 17.1 Å². The van der Waals surface area contributed by atoms with Crippen molar-refractivity contribution in [3.63, 3.8) is 0 Å². The van der Waals surface area contributed by atoms with E-state index in [-0.39, 0.29) is 23.5 Å². The highest BCUT2D eigenvalue weighted by Gasteiger charge is 2.32. The summed E-state index contributed by atoms with van der Waals surface area (Å²) in [5.74, 6) is -0.294. The summed E-state index contributed by atoms with van der Waals surface area (Å²) in [6.07, 6.45) is 9.03. The predicted octanol–water partition coefficient (Wildman–Crippen LogP) is 6.46. The van der Waals surface area contributed by atoms with Crippen molar-refractivity contribution in [2.75, 3.05) is 36.9 Å². The fourth-order valence-corrected chi connectivity index (χ4v) is 6.73. The molecule has 2 atom stereocenters. The van der Waals surface area contributed by atoms with Gasteiger partial charge in [-0.3, -0.25) is 14.9 Å². The molecule has 2 aromatic carbocycles. The first-order valence-corrected chi connectivity index (χ1v) is 16.2. The lowest BCUT2D eigenvalue weighted by atomic mass is 9.98. The number of anilines is 2. The Hall–Kier alpha value is -3.62. The van der Waals surface area contributed by atoms with Crippen LogP contribution in [0.4, 0.5) is 15.8 Å². The maximum atomic E-state index is 14.0. The van der Waals surface area contributed by atoms with Crippen molar-refractivity contribution >= 4 is 33.9 Å². The van der Waals surface area contributed by atoms with Crippen LogP contribution in [0.2, 0.25) is 5.02 Å². The minimum Gasteiger partial charge on any atom is -0.381 e. The lowest BCUT2D eigenvalue weighted by molar-refractivity contribution is 0.0248. The van der Waals surface area contributed by atoms with Crippen LogP contribution < -0.4 is 21.6 Å². The number of nitriles is 1. The van der Waals surface area contributed by atoms with E-state index >= 15 is 0 Å². The van der Waals surface area contributed by atoms with E-state index in [1.54, 1.807) is 18.3 Å². The molecule has 2 saturated heterocycles. The van der Waals surface area contributed by atoms with Gasteiger partial charge in [0.15, 0.2) is 0 Å². The van der Waals surface area contributed by atoms with Crippen LogP contribution >= 0.6 is 11.6 Å². The average molecular weight is 633 g/mol. The average Bonchev–Trinajstić information content (AvgIpc) is 3.53. The van der Waals surface area contributed by atoms with E-state index in [9.17, 15) is 9.65 Å². The highest BCUT2D eigenvalue weighted by atomic mass is 35.5. The summed E-state index contributed by atoms with van der Waals surface area (Å²) >= 11 is 6.81. The second-order valence-electron chi connectivity index (χ2n) is 13.1. The molecule has 0 bridgehead atoms. The number of fused-ring (bicyclic) bond motifs is 1. The molecule has 0 saturated carbocycles. The standard InChI is InChI=1S/C34H42ClFN8O/c1-34(2,3)43-13-11-26(12-14-43)44-21-30(41-42-44)32(22-7-9-24(36)10-8-22)40-25-16-28-31(39-20-27-6-4-5-15-45-27)23(18-37)19-38-33(28)29(35)17-25/h7-10,16-17,19,21,26-27,32,40-42H,4-6,11-15,20H2,1-3H3,(H,38,39)/t27?,32-/m0/s1. The molecule has 45 heavy (non-hydrogen) atoms. The smallest absolute Gasteiger partial charge is 0.123 e. The van der Waals surface area contributed by atoms with Crippen molar-refractivity contribution < 1.29 is 9.13 Å². The van der Waals surface area contributed by atoms with Gasteiger partial charge in [-0.2, -0.15) is 5.26 Å². The number of ether oxygens (including phenoxy) is 1. The first-order chi connectivity index (χ1) is 21.7. The number of rotatable bonds is 8. The first-order valence-electron chi connectivity index (χ1n) is 15.9. The third-order valence-corrected chi connectivity index (χ3v) is 9.35. The maximum Gasteiger partial charge on any atom is 0.123 e. The topological polar surface area (TPSA) is 101 Å². The molecule has 3 aliphatic heterocycles. The lowest BCUT2D eigenvalue weighted by Gasteiger charge is -2.42. The van der Waals surface area contributed by atoms with Crippen molar-refractivity contribution in [2.24, 2.45) is 0 Å². The second-order valence-corrected chi connectivity index (χ2v) is 13.5. The summed E-state index contributed by atoms with van der Waals surface area (Å²) in [7, 11) is 0. The molecule has 2 fully saturated rings. The van der Waals surface area contributed by atoms with Crippen molar-refractivity contribution in [1.29, 1.82) is 5.26 Å². The number of halogens is 2. The molecule has 3 aliphatic rings. The zero-order valence-electron chi connectivity index (χ0n) is 26.2. The molecular formula is C34H42ClFN8O. The zero-order valence-corrected chi connectivity index (χ0v) is 26.9. The van der Waals surface area contributed by atoms with E-state index in [1.807, 2.05) is 12.1 Å². The molecule has 0 aliphatic carbocycles. The third-order valence-electron chi connectivity index (χ3n) is 9.07. The van der Waals surface area contributed by atoms with Crippen LogP contribution in [0.3, 0.4) is 0 Å². The third kappa shape index (κ3) is 7.12. The molecule has 3 aromatic rings. The molecule has 0 radical (unpaired) electrons. The molecule has 11 heteroatoms. The minimum atomic E-state index is -0.342. The van der Waals surface area contributed by atoms with Crippen LogP contribution in [0.5, 0.6) is 0 Å². The van der Waals surface area contributed by atoms with Gasteiger partial charge in [0.1, 0.15) is 11.9 Å². The fourth-order valence-electron chi connectivity index (χ4n) is 6.47. The van der Waals surface area contributed by atoms with Crippen LogP contribution in [0.1, 0.15) is 70.0 Å². The van der Waals surface area contributed by atoms with Crippen molar-refractivity contribution in [2.45, 2.75) is 76.6 Å². The van der Waals surface area contributed by atoms with Gasteiger partial charge in [0.05, 0.1) is 39.6 Å². The van der Waals surface area contributed by atoms with E-state index in [4.69, 9.17) is 16.3 Å². The molecule has 1 unspecified atom stereocenters. The number of piperidine rings is 1. The predicted molar refractivity (Wildman–Crippen MR) is 177 cm³/mol. The van der Waals surface area contributed by atoms with E-state index in [2.05, 4.69) is 69.5 Å². The molecule has 238 valence electrons. The summed E-state index contributed by atoms with van der Waals surface area (Å²) in [5, 5.41) is 20.4. The number of nitrogens with zero attached hydrogens (tertiary/aromatic N) is 4. The highest BCUT2D eigenvalue weighted by molar-refractivity contribution is 6.35. The molecule has 0 spiro atoms. The lowest BCUT2D eigenvalue weighted by Crippen LogP contribution is -2.52. The summed E-state index contributed by atoms with van der Waals surface area (Å²) < 4.78 is 19.9. The van der Waals surface area contributed by atoms with Crippen molar-refractivity contribution in [3.8, 4) is 6.07 Å². The summed E-state index contributed by atoms with van der Waals surface area (Å²) in [5.41, 5.74) is 11.1. The van der Waals surface area contributed by atoms with E-state index in [0.29, 0.717) is 34.4 Å². The van der Waals surface area contributed by atoms with Crippen LogP contribution in [-0.2, 0) is 4.74 Å². The second kappa shape index (κ2) is 13.4. The van der Waals surface area contributed by atoms with Gasteiger partial charge in [0.25, 0.3) is 0 Å². The number of nitrogens with one attached hydrogen (secondary N) is 4. The highest BCUT2D eigenvalue weighted by Crippen LogP contribution is 2.36. The normalized spacial score (nSPS) is 20.4. The molecule has 4 N–H and O–H groups in total. The Kier molecular flexibility index (Phi) is 9.33. The number of hydrogen-bond donors (Lipinski definition) is 4. The Bertz CT molecular complexity index is 1570. The zero-order chi connectivity index (χ0) is 31.6. The SMILES string of the molecule is CC(C)(C)N1CCC(N2C=C([C@@H](Nc3cc(Cl)c4ncc(C#N)c(NCC5CCCCO5)c4c3)c3ccc(F)cc3)NN2)CC1. The van der Waals surface area contributed by atoms with Gasteiger partial charge in [0, 0.05) is 61.3 Å². The first kappa shape index (κ1) is 31.4. The number of hydrazine groups is 2. The Labute approximate surface area is 269 Å². The van der Waals surface area contributed by atoms with Gasteiger partial charge < -0.3 is 20.8 Å². The summed E-state index contributed by atoms with van der Waals surface area (Å²) in [6.45, 7) is 10.2.